The molecule has 3 aromatic carbocycles. The van der Waals surface area contributed by atoms with Gasteiger partial charge in [0.1, 0.15) is 11.6 Å². The van der Waals surface area contributed by atoms with Crippen LogP contribution < -0.4 is 10.6 Å². The molecule has 1 unspecified atom stereocenters. The molecule has 14 heteroatoms. The fourth-order valence-electron chi connectivity index (χ4n) is 4.07. The van der Waals surface area contributed by atoms with Crippen LogP contribution in [0, 0.1) is 11.6 Å². The number of halogens is 6. The van der Waals surface area contributed by atoms with E-state index in [1.807, 2.05) is 0 Å². The highest BCUT2D eigenvalue weighted by Crippen LogP contribution is 2.40. The Morgan fingerprint density at radius 3 is 2.38 bits per heavy atom. The van der Waals surface area contributed by atoms with E-state index in [9.17, 15) is 40.0 Å². The Morgan fingerprint density at radius 2 is 1.74 bits per heavy atom. The number of alkyl halides is 3. The third-order valence-electron chi connectivity index (χ3n) is 5.96. The molecule has 206 valence electrons. The molecule has 2 amide bonds. The molecule has 7 nitrogen and oxygen atoms in total. The molecule has 0 aromatic heterocycles. The van der Waals surface area contributed by atoms with Gasteiger partial charge in [0.15, 0.2) is 0 Å². The van der Waals surface area contributed by atoms with Crippen LogP contribution in [0.5, 0.6) is 0 Å². The van der Waals surface area contributed by atoms with Gasteiger partial charge in [-0.15, -0.1) is 0 Å². The first-order valence-electron chi connectivity index (χ1n) is 11.1. The summed E-state index contributed by atoms with van der Waals surface area (Å²) in [6, 6.07) is 6.05. The van der Waals surface area contributed by atoms with E-state index >= 15 is 0 Å². The van der Waals surface area contributed by atoms with Gasteiger partial charge in [-0.3, -0.25) is 9.59 Å². The van der Waals surface area contributed by atoms with Crippen molar-refractivity contribution in [3.8, 4) is 0 Å². The first-order chi connectivity index (χ1) is 18.1. The number of benzene rings is 3. The molecule has 1 aliphatic heterocycles. The fourth-order valence-corrected chi connectivity index (χ4v) is 5.14. The van der Waals surface area contributed by atoms with E-state index in [2.05, 4.69) is 10.6 Å². The van der Waals surface area contributed by atoms with Gasteiger partial charge in [-0.1, -0.05) is 11.6 Å². The lowest BCUT2D eigenvalue weighted by Crippen LogP contribution is -2.24. The summed E-state index contributed by atoms with van der Waals surface area (Å²) in [5.41, 5.74) is -2.07. The molecular weight excluding hydrogens is 569 g/mol. The van der Waals surface area contributed by atoms with Crippen LogP contribution in [0.1, 0.15) is 49.0 Å². The Morgan fingerprint density at radius 1 is 1.05 bits per heavy atom. The highest BCUT2D eigenvalue weighted by molar-refractivity contribution is 7.88. The van der Waals surface area contributed by atoms with Crippen molar-refractivity contribution in [3.63, 3.8) is 0 Å². The standard InChI is InChI=1S/C25H19ClF5N3O4S/c1-34(2)39(37,38)11-12-5-18-21(22(33-24(18)36)17-10-15(27)3-4-19(17)26)20(6-12)32-23(35)13-7-14(25(29,30)31)9-16(28)8-13/h3-10,22H,11H2,1-2H3,(H,32,35)(H,33,36). The van der Waals surface area contributed by atoms with Gasteiger partial charge in [-0.25, -0.2) is 21.5 Å². The lowest BCUT2D eigenvalue weighted by molar-refractivity contribution is -0.137. The summed E-state index contributed by atoms with van der Waals surface area (Å²) < 4.78 is 93.6. The van der Waals surface area contributed by atoms with Gasteiger partial charge in [0.05, 0.1) is 17.4 Å². The predicted molar refractivity (Wildman–Crippen MR) is 133 cm³/mol. The maximum absolute atomic E-state index is 14.1. The van der Waals surface area contributed by atoms with Crippen LogP contribution in [0.15, 0.2) is 48.5 Å². The summed E-state index contributed by atoms with van der Waals surface area (Å²) in [5.74, 6) is -4.45. The van der Waals surface area contributed by atoms with Gasteiger partial charge in [0.25, 0.3) is 11.8 Å². The molecule has 1 heterocycles. The number of hydrogen-bond acceptors (Lipinski definition) is 4. The smallest absolute Gasteiger partial charge is 0.341 e. The molecule has 2 N–H and O–H groups in total. The summed E-state index contributed by atoms with van der Waals surface area (Å²) >= 11 is 6.24. The maximum Gasteiger partial charge on any atom is 0.416 e. The number of rotatable bonds is 6. The quantitative estimate of drug-likeness (QED) is 0.392. The highest BCUT2D eigenvalue weighted by Gasteiger charge is 2.36. The first kappa shape index (κ1) is 28.5. The van der Waals surface area contributed by atoms with Gasteiger partial charge >= 0.3 is 6.18 Å². The van der Waals surface area contributed by atoms with E-state index in [-0.39, 0.29) is 39.0 Å². The van der Waals surface area contributed by atoms with E-state index in [1.165, 1.54) is 32.3 Å². The van der Waals surface area contributed by atoms with Crippen molar-refractivity contribution in [3.05, 3.63) is 98.6 Å². The molecule has 1 atom stereocenters. The number of amides is 2. The summed E-state index contributed by atoms with van der Waals surface area (Å²) in [7, 11) is -1.26. The minimum atomic E-state index is -4.94. The van der Waals surface area contributed by atoms with Crippen LogP contribution in [-0.2, 0) is 22.0 Å². The van der Waals surface area contributed by atoms with E-state index in [4.69, 9.17) is 11.6 Å². The monoisotopic (exact) mass is 587 g/mol. The zero-order chi connectivity index (χ0) is 28.9. The molecule has 0 bridgehead atoms. The van der Waals surface area contributed by atoms with Gasteiger partial charge in [0, 0.05) is 47.1 Å². The number of nitrogens with zero attached hydrogens (tertiary/aromatic N) is 1. The number of sulfonamides is 1. The minimum Gasteiger partial charge on any atom is -0.341 e. The Kier molecular flexibility index (Phi) is 7.45. The van der Waals surface area contributed by atoms with Crippen molar-refractivity contribution in [1.29, 1.82) is 0 Å². The van der Waals surface area contributed by atoms with Crippen LogP contribution >= 0.6 is 11.6 Å². The average Bonchev–Trinajstić information content (AvgIpc) is 3.15. The van der Waals surface area contributed by atoms with Crippen molar-refractivity contribution < 1.29 is 40.0 Å². The Labute approximate surface area is 224 Å². The fraction of sp³-hybridized carbons (Fsp3) is 0.200. The van der Waals surface area contributed by atoms with Crippen molar-refractivity contribution in [1.82, 2.24) is 9.62 Å². The van der Waals surface area contributed by atoms with Gasteiger partial charge in [-0.05, 0) is 54.1 Å². The molecule has 0 aliphatic carbocycles. The molecule has 39 heavy (non-hydrogen) atoms. The van der Waals surface area contributed by atoms with Crippen molar-refractivity contribution in [2.45, 2.75) is 18.0 Å². The van der Waals surface area contributed by atoms with Gasteiger partial charge in [-0.2, -0.15) is 13.2 Å². The summed E-state index contributed by atoms with van der Waals surface area (Å²) in [6.45, 7) is 0. The molecule has 3 aromatic rings. The van der Waals surface area contributed by atoms with Crippen molar-refractivity contribution in [2.24, 2.45) is 0 Å². The highest BCUT2D eigenvalue weighted by atomic mass is 35.5. The molecule has 4 rings (SSSR count). The number of carbonyl (C=O) groups is 2. The van der Waals surface area contributed by atoms with E-state index in [0.29, 0.717) is 12.1 Å². The molecule has 1 aliphatic rings. The second kappa shape index (κ2) is 10.2. The summed E-state index contributed by atoms with van der Waals surface area (Å²) in [4.78, 5) is 25.9. The number of carbonyl (C=O) groups excluding carboxylic acids is 2. The SMILES string of the molecule is CN(C)S(=O)(=O)Cc1cc(NC(=O)c2cc(F)cc(C(F)(F)F)c2)c2c(c1)C(=O)NC2c1cc(F)ccc1Cl. The first-order valence-corrected chi connectivity index (χ1v) is 13.1. The third-order valence-corrected chi connectivity index (χ3v) is 8.11. The van der Waals surface area contributed by atoms with Crippen LogP contribution in [0.25, 0.3) is 0 Å². The second-order valence-electron chi connectivity index (χ2n) is 8.90. The maximum atomic E-state index is 14.1. The zero-order valence-corrected chi connectivity index (χ0v) is 21.7. The Balaban J connectivity index is 1.87. The molecule has 0 saturated heterocycles. The molecular formula is C25H19ClF5N3O4S. The number of nitrogens with one attached hydrogen (secondary N) is 2. The van der Waals surface area contributed by atoms with E-state index < -0.39 is 62.6 Å². The second-order valence-corrected chi connectivity index (χ2v) is 11.5. The van der Waals surface area contributed by atoms with Crippen molar-refractivity contribution >= 4 is 39.1 Å². The van der Waals surface area contributed by atoms with Crippen LogP contribution in [0.4, 0.5) is 27.6 Å². The molecule has 0 fully saturated rings. The molecule has 0 radical (unpaired) electrons. The largest absolute Gasteiger partial charge is 0.416 e. The van der Waals surface area contributed by atoms with Crippen LogP contribution in [0.3, 0.4) is 0 Å². The van der Waals surface area contributed by atoms with Crippen molar-refractivity contribution in [2.75, 3.05) is 19.4 Å². The molecule has 0 spiro atoms. The normalized spacial score (nSPS) is 15.3. The van der Waals surface area contributed by atoms with Crippen LogP contribution in [-0.4, -0.2) is 38.6 Å². The Hall–Kier alpha value is -3.55. The van der Waals surface area contributed by atoms with E-state index in [0.717, 1.165) is 16.4 Å². The molecule has 0 saturated carbocycles. The zero-order valence-electron chi connectivity index (χ0n) is 20.2. The van der Waals surface area contributed by atoms with Gasteiger partial charge < -0.3 is 10.6 Å². The summed E-state index contributed by atoms with van der Waals surface area (Å²) in [5, 5.41) is 5.02. The third kappa shape index (κ3) is 5.89. The topological polar surface area (TPSA) is 95.6 Å². The van der Waals surface area contributed by atoms with Crippen LogP contribution in [0.2, 0.25) is 5.02 Å². The van der Waals surface area contributed by atoms with Gasteiger partial charge in [0.2, 0.25) is 10.0 Å². The lowest BCUT2D eigenvalue weighted by Gasteiger charge is -2.19. The summed E-state index contributed by atoms with van der Waals surface area (Å²) in [6.07, 6.45) is -4.94. The Bertz CT molecular complexity index is 1610. The number of fused-ring (bicyclic) bond motifs is 1. The van der Waals surface area contributed by atoms with E-state index in [1.54, 1.807) is 0 Å². The predicted octanol–water partition coefficient (Wildman–Crippen LogP) is 5.11. The average molecular weight is 588 g/mol. The number of hydrogen-bond donors (Lipinski definition) is 2. The lowest BCUT2D eigenvalue weighted by atomic mass is 9.94. The minimum absolute atomic E-state index is 0.0611. The number of anilines is 1.